The summed E-state index contributed by atoms with van der Waals surface area (Å²) >= 11 is 0. The van der Waals surface area contributed by atoms with E-state index < -0.39 is 21.8 Å². The molecule has 206 valence electrons. The van der Waals surface area contributed by atoms with E-state index in [1.54, 1.807) is 12.1 Å². The van der Waals surface area contributed by atoms with Gasteiger partial charge >= 0.3 is 6.18 Å². The van der Waals surface area contributed by atoms with Crippen molar-refractivity contribution in [1.82, 2.24) is 0 Å². The van der Waals surface area contributed by atoms with Crippen molar-refractivity contribution < 1.29 is 31.1 Å². The summed E-state index contributed by atoms with van der Waals surface area (Å²) in [5.41, 5.74) is 1.59. The number of allylic oxidation sites excluding steroid dienone is 2. The molecule has 0 bridgehead atoms. The first-order chi connectivity index (χ1) is 18.6. The van der Waals surface area contributed by atoms with Crippen LogP contribution >= 0.6 is 0 Å². The van der Waals surface area contributed by atoms with Gasteiger partial charge in [-0.3, -0.25) is 4.72 Å². The second kappa shape index (κ2) is 10.5. The van der Waals surface area contributed by atoms with Crippen LogP contribution in [-0.2, 0) is 16.2 Å². The summed E-state index contributed by atoms with van der Waals surface area (Å²) in [6, 6.07) is 14.8. The summed E-state index contributed by atoms with van der Waals surface area (Å²) in [5, 5.41) is 3.58. The molecule has 5 rings (SSSR count). The average molecular weight is 559 g/mol. The Morgan fingerprint density at radius 2 is 1.74 bits per heavy atom. The van der Waals surface area contributed by atoms with Gasteiger partial charge in [0.2, 0.25) is 0 Å². The monoisotopic (exact) mass is 558 g/mol. The van der Waals surface area contributed by atoms with Gasteiger partial charge in [0.05, 0.1) is 29.7 Å². The fourth-order valence-electron chi connectivity index (χ4n) is 5.30. The molecule has 3 aromatic rings. The van der Waals surface area contributed by atoms with Gasteiger partial charge in [0.25, 0.3) is 10.0 Å². The van der Waals surface area contributed by atoms with Crippen molar-refractivity contribution in [2.24, 2.45) is 5.92 Å². The summed E-state index contributed by atoms with van der Waals surface area (Å²) in [7, 11) is -4.13. The number of hydrogen-bond donors (Lipinski definition) is 2. The number of sulfonamides is 1. The van der Waals surface area contributed by atoms with E-state index in [-0.39, 0.29) is 28.5 Å². The normalized spacial score (nSPS) is 20.1. The fourth-order valence-corrected chi connectivity index (χ4v) is 6.39. The standard InChI is InChI=1S/C29H29F3N2O4S/c1-3-37-26-14-11-18(15-27(26)38-4-2)28-23-10-6-9-22(23)24-17-21(12-13-25(24)33-28)39(35,36)34-20-8-5-7-19(16-20)29(30,31)32/h5-9,11-17,22-23,28,33-34H,3-4,10H2,1-2H3/t22-,23+,28+/m0/s1. The quantitative estimate of drug-likeness (QED) is 0.288. The molecule has 1 aliphatic carbocycles. The topological polar surface area (TPSA) is 76.7 Å². The number of alkyl halides is 3. The maximum atomic E-state index is 13.2. The average Bonchev–Trinajstić information content (AvgIpc) is 3.39. The molecule has 10 heteroatoms. The van der Waals surface area contributed by atoms with E-state index in [9.17, 15) is 21.6 Å². The second-order valence-electron chi connectivity index (χ2n) is 9.48. The third kappa shape index (κ3) is 5.43. The van der Waals surface area contributed by atoms with E-state index in [1.165, 1.54) is 18.2 Å². The van der Waals surface area contributed by atoms with Gasteiger partial charge in [-0.1, -0.05) is 24.3 Å². The van der Waals surface area contributed by atoms with E-state index in [0.29, 0.717) is 24.7 Å². The van der Waals surface area contributed by atoms with E-state index in [2.05, 4.69) is 22.2 Å². The molecule has 0 unspecified atom stereocenters. The number of anilines is 2. The summed E-state index contributed by atoms with van der Waals surface area (Å²) in [6.45, 7) is 4.87. The lowest BCUT2D eigenvalue weighted by molar-refractivity contribution is -0.137. The smallest absolute Gasteiger partial charge is 0.416 e. The second-order valence-corrected chi connectivity index (χ2v) is 11.2. The largest absolute Gasteiger partial charge is 0.490 e. The van der Waals surface area contributed by atoms with Crippen LogP contribution in [0.5, 0.6) is 11.5 Å². The molecule has 0 fully saturated rings. The van der Waals surface area contributed by atoms with Crippen LogP contribution in [-0.4, -0.2) is 21.6 Å². The number of rotatable bonds is 8. The summed E-state index contributed by atoms with van der Waals surface area (Å²) in [4.78, 5) is -0.0161. The van der Waals surface area contributed by atoms with Gasteiger partial charge in [0.1, 0.15) is 0 Å². The molecule has 2 aliphatic rings. The number of halogens is 3. The fraction of sp³-hybridized carbons (Fsp3) is 0.310. The zero-order chi connectivity index (χ0) is 27.8. The van der Waals surface area contributed by atoms with Gasteiger partial charge in [-0.2, -0.15) is 13.2 Å². The first kappa shape index (κ1) is 26.9. The maximum absolute atomic E-state index is 13.2. The van der Waals surface area contributed by atoms with E-state index in [4.69, 9.17) is 9.47 Å². The van der Waals surface area contributed by atoms with Gasteiger partial charge in [-0.15, -0.1) is 0 Å². The summed E-state index contributed by atoms with van der Waals surface area (Å²) < 4.78 is 79.4. The number of hydrogen-bond acceptors (Lipinski definition) is 5. The predicted octanol–water partition coefficient (Wildman–Crippen LogP) is 7.13. The SMILES string of the molecule is CCOc1ccc([C@H]2Nc3ccc(S(=O)(=O)Nc4cccc(C(F)(F)F)c4)cc3[C@H]3C=CC[C@H]32)cc1OCC. The Bertz CT molecular complexity index is 1500. The Morgan fingerprint density at radius 3 is 2.49 bits per heavy atom. The highest BCUT2D eigenvalue weighted by Crippen LogP contribution is 2.51. The lowest BCUT2D eigenvalue weighted by atomic mass is 9.77. The van der Waals surface area contributed by atoms with Crippen molar-refractivity contribution in [3.63, 3.8) is 0 Å². The van der Waals surface area contributed by atoms with Crippen LogP contribution in [0, 0.1) is 5.92 Å². The number of nitrogens with one attached hydrogen (secondary N) is 2. The molecule has 0 amide bonds. The van der Waals surface area contributed by atoms with Gasteiger partial charge in [-0.25, -0.2) is 8.42 Å². The number of fused-ring (bicyclic) bond motifs is 3. The molecule has 0 aromatic heterocycles. The van der Waals surface area contributed by atoms with Crippen LogP contribution < -0.4 is 19.5 Å². The van der Waals surface area contributed by atoms with Crippen molar-refractivity contribution in [3.8, 4) is 11.5 Å². The molecule has 0 saturated carbocycles. The molecule has 0 radical (unpaired) electrons. The van der Waals surface area contributed by atoms with Crippen LogP contribution in [0.15, 0.2) is 77.7 Å². The number of ether oxygens (including phenoxy) is 2. The van der Waals surface area contributed by atoms with Crippen molar-refractivity contribution in [3.05, 3.63) is 89.5 Å². The highest BCUT2D eigenvalue weighted by atomic mass is 32.2. The van der Waals surface area contributed by atoms with Gasteiger partial charge in [-0.05, 0) is 85.8 Å². The van der Waals surface area contributed by atoms with Crippen LogP contribution in [0.2, 0.25) is 0 Å². The highest BCUT2D eigenvalue weighted by Gasteiger charge is 2.39. The molecule has 3 aromatic carbocycles. The van der Waals surface area contributed by atoms with Crippen LogP contribution in [0.25, 0.3) is 0 Å². The Hall–Kier alpha value is -3.66. The first-order valence-electron chi connectivity index (χ1n) is 12.8. The van der Waals surface area contributed by atoms with E-state index in [0.717, 1.165) is 35.4 Å². The molecule has 0 spiro atoms. The molecule has 39 heavy (non-hydrogen) atoms. The molecular weight excluding hydrogens is 529 g/mol. The van der Waals surface area contributed by atoms with E-state index >= 15 is 0 Å². The van der Waals surface area contributed by atoms with Crippen molar-refractivity contribution in [2.75, 3.05) is 23.3 Å². The molecular formula is C29H29F3N2O4S. The Labute approximate surface area is 225 Å². The first-order valence-corrected chi connectivity index (χ1v) is 14.3. The third-order valence-corrected chi connectivity index (χ3v) is 8.39. The van der Waals surface area contributed by atoms with Gasteiger partial charge in [0, 0.05) is 17.3 Å². The molecule has 0 saturated heterocycles. The summed E-state index contributed by atoms with van der Waals surface area (Å²) in [5.74, 6) is 1.47. The molecule has 1 heterocycles. The molecule has 6 nitrogen and oxygen atoms in total. The Kier molecular flexibility index (Phi) is 7.24. The summed E-state index contributed by atoms with van der Waals surface area (Å²) in [6.07, 6.45) is 0.412. The van der Waals surface area contributed by atoms with Crippen molar-refractivity contribution in [2.45, 2.75) is 43.3 Å². The zero-order valence-corrected chi connectivity index (χ0v) is 22.3. The van der Waals surface area contributed by atoms with Gasteiger partial charge in [0.15, 0.2) is 11.5 Å². The van der Waals surface area contributed by atoms with Crippen LogP contribution in [0.1, 0.15) is 48.9 Å². The molecule has 1 aliphatic heterocycles. The Balaban J connectivity index is 1.45. The maximum Gasteiger partial charge on any atom is 0.416 e. The highest BCUT2D eigenvalue weighted by molar-refractivity contribution is 7.92. The minimum absolute atomic E-state index is 0.0161. The van der Waals surface area contributed by atoms with Crippen molar-refractivity contribution in [1.29, 1.82) is 0 Å². The zero-order valence-electron chi connectivity index (χ0n) is 21.5. The van der Waals surface area contributed by atoms with Crippen molar-refractivity contribution >= 4 is 21.4 Å². The third-order valence-electron chi connectivity index (χ3n) is 7.01. The molecule has 2 N–H and O–H groups in total. The minimum Gasteiger partial charge on any atom is -0.490 e. The Morgan fingerprint density at radius 1 is 0.974 bits per heavy atom. The van der Waals surface area contributed by atoms with Crippen LogP contribution in [0.3, 0.4) is 0 Å². The molecule has 3 atom stereocenters. The van der Waals surface area contributed by atoms with Crippen LogP contribution in [0.4, 0.5) is 24.5 Å². The lowest BCUT2D eigenvalue weighted by Gasteiger charge is -2.38. The predicted molar refractivity (Wildman–Crippen MR) is 144 cm³/mol. The lowest BCUT2D eigenvalue weighted by Crippen LogP contribution is -2.29. The number of benzene rings is 3. The van der Waals surface area contributed by atoms with Gasteiger partial charge < -0.3 is 14.8 Å². The minimum atomic E-state index is -4.58. The van der Waals surface area contributed by atoms with E-state index in [1.807, 2.05) is 32.0 Å².